The van der Waals surface area contributed by atoms with Gasteiger partial charge in [0.15, 0.2) is 0 Å². The highest BCUT2D eigenvalue weighted by atomic mass is 16.6. The number of nitro benzene ring substituents is 1. The Morgan fingerprint density at radius 1 is 0.894 bits per heavy atom. The topological polar surface area (TPSA) is 117 Å². The molecule has 2 saturated heterocycles. The van der Waals surface area contributed by atoms with Crippen LogP contribution in [-0.2, 0) is 15.6 Å². The normalized spacial score (nSPS) is 20.7. The second-order valence-electron chi connectivity index (χ2n) is 16.4. The molecule has 2 fully saturated rings. The molecular formula is C37H56N6O4. The Morgan fingerprint density at radius 2 is 1.40 bits per heavy atom. The molecule has 1 amide bonds. The Morgan fingerprint density at radius 3 is 1.94 bits per heavy atom. The summed E-state index contributed by atoms with van der Waals surface area (Å²) in [5, 5.41) is 14.6. The Hall–Kier alpha value is -3.53. The lowest BCUT2D eigenvalue weighted by Crippen LogP contribution is -2.44. The van der Waals surface area contributed by atoms with Crippen molar-refractivity contribution in [2.45, 2.75) is 90.6 Å². The molecule has 0 aromatic heterocycles. The number of carbonyl (C=O) groups excluding carboxylic acids is 1. The maximum Gasteiger partial charge on any atom is 0.410 e. The molecule has 0 radical (unpaired) electrons. The van der Waals surface area contributed by atoms with Gasteiger partial charge in [0.25, 0.3) is 5.69 Å². The van der Waals surface area contributed by atoms with E-state index in [1.165, 1.54) is 49.3 Å². The summed E-state index contributed by atoms with van der Waals surface area (Å²) in [6.07, 6.45) is 4.19. The van der Waals surface area contributed by atoms with E-state index in [2.05, 4.69) is 54.9 Å². The molecular weight excluding hydrogens is 592 g/mol. The molecule has 10 heteroatoms. The van der Waals surface area contributed by atoms with E-state index >= 15 is 0 Å². The molecule has 4 aliphatic rings. The van der Waals surface area contributed by atoms with Gasteiger partial charge >= 0.3 is 6.09 Å². The molecule has 6 rings (SSSR count). The van der Waals surface area contributed by atoms with Crippen molar-refractivity contribution in [1.29, 1.82) is 0 Å². The summed E-state index contributed by atoms with van der Waals surface area (Å²) in [7, 11) is 0. The number of nitrogens with two attached hydrogens (primary N) is 1. The minimum absolute atomic E-state index is 0.0261. The van der Waals surface area contributed by atoms with Crippen molar-refractivity contribution in [3.63, 3.8) is 0 Å². The predicted molar refractivity (Wildman–Crippen MR) is 191 cm³/mol. The third-order valence-corrected chi connectivity index (χ3v) is 10.2. The zero-order valence-electron chi connectivity index (χ0n) is 29.6. The molecule has 10 nitrogen and oxygen atoms in total. The highest BCUT2D eigenvalue weighted by molar-refractivity contribution is 5.69. The van der Waals surface area contributed by atoms with Crippen LogP contribution < -0.4 is 20.9 Å². The first-order valence-corrected chi connectivity index (χ1v) is 17.4. The van der Waals surface area contributed by atoms with E-state index in [-0.39, 0.29) is 27.5 Å². The third-order valence-electron chi connectivity index (χ3n) is 10.2. The van der Waals surface area contributed by atoms with Crippen LogP contribution in [0.2, 0.25) is 0 Å². The van der Waals surface area contributed by atoms with E-state index in [9.17, 15) is 14.9 Å². The number of amides is 1. The number of likely N-dealkylation sites (tertiary alicyclic amines) is 1. The summed E-state index contributed by atoms with van der Waals surface area (Å²) in [6, 6.07) is 11.6. The number of anilines is 3. The van der Waals surface area contributed by atoms with Crippen LogP contribution in [0, 0.1) is 22.0 Å². The summed E-state index contributed by atoms with van der Waals surface area (Å²) in [5.74, 6) is 1.28. The number of nitrogens with zero attached hydrogens (tertiary/aromatic N) is 4. The largest absolute Gasteiger partial charge is 0.444 e. The molecule has 258 valence electrons. The van der Waals surface area contributed by atoms with Crippen molar-refractivity contribution in [2.75, 3.05) is 67.9 Å². The van der Waals surface area contributed by atoms with Crippen LogP contribution in [-0.4, -0.2) is 73.9 Å². The number of fused-ring (bicyclic) bond motifs is 2. The van der Waals surface area contributed by atoms with E-state index < -0.39 is 5.60 Å². The number of nitro groups is 1. The van der Waals surface area contributed by atoms with Crippen LogP contribution in [0.1, 0.15) is 85.3 Å². The SMILES string of the molecule is CC(C)(C)OC(=O)N1CCC(CN2CC(C)(C)c3ccc([N+](=O)[O-])cc32)CC1.CC1(C)CN(CC2CCNCC2)c2cc(N)ccc21. The Labute approximate surface area is 281 Å². The molecule has 2 aromatic carbocycles. The number of carbonyl (C=O) groups is 1. The zero-order valence-corrected chi connectivity index (χ0v) is 29.6. The van der Waals surface area contributed by atoms with E-state index in [0.717, 1.165) is 49.8 Å². The monoisotopic (exact) mass is 648 g/mol. The number of non-ortho nitro benzene ring substituents is 1. The quantitative estimate of drug-likeness (QED) is 0.209. The highest BCUT2D eigenvalue weighted by Crippen LogP contribution is 2.44. The lowest BCUT2D eigenvalue weighted by atomic mass is 9.87. The second kappa shape index (κ2) is 13.5. The molecule has 4 aliphatic heterocycles. The fraction of sp³-hybridized carbons (Fsp3) is 0.649. The summed E-state index contributed by atoms with van der Waals surface area (Å²) >= 11 is 0. The number of rotatable bonds is 5. The molecule has 3 N–H and O–H groups in total. The number of benzene rings is 2. The van der Waals surface area contributed by atoms with Crippen molar-refractivity contribution in [1.82, 2.24) is 10.2 Å². The van der Waals surface area contributed by atoms with E-state index in [4.69, 9.17) is 10.5 Å². The van der Waals surface area contributed by atoms with Crippen molar-refractivity contribution in [3.05, 3.63) is 57.6 Å². The average Bonchev–Trinajstić information content (AvgIpc) is 3.40. The van der Waals surface area contributed by atoms with Gasteiger partial charge in [0.05, 0.1) is 4.92 Å². The molecule has 0 bridgehead atoms. The van der Waals surface area contributed by atoms with Gasteiger partial charge in [-0.1, -0.05) is 33.8 Å². The van der Waals surface area contributed by atoms with Gasteiger partial charge in [-0.05, 0) is 101 Å². The van der Waals surface area contributed by atoms with Crippen molar-refractivity contribution < 1.29 is 14.5 Å². The number of nitrogens with one attached hydrogen (secondary N) is 1. The average molecular weight is 649 g/mol. The van der Waals surface area contributed by atoms with Crippen molar-refractivity contribution in [3.8, 4) is 0 Å². The van der Waals surface area contributed by atoms with Gasteiger partial charge in [-0.15, -0.1) is 0 Å². The first-order chi connectivity index (χ1) is 22.0. The smallest absolute Gasteiger partial charge is 0.410 e. The van der Waals surface area contributed by atoms with Crippen LogP contribution in [0.3, 0.4) is 0 Å². The van der Waals surface area contributed by atoms with Crippen LogP contribution in [0.25, 0.3) is 0 Å². The first-order valence-electron chi connectivity index (χ1n) is 17.4. The fourth-order valence-electron chi connectivity index (χ4n) is 7.78. The summed E-state index contributed by atoms with van der Waals surface area (Å²) in [6.45, 7) is 22.4. The maximum absolute atomic E-state index is 12.2. The Kier molecular flexibility index (Phi) is 10.0. The van der Waals surface area contributed by atoms with Gasteiger partial charge in [-0.25, -0.2) is 4.79 Å². The van der Waals surface area contributed by atoms with Gasteiger partial charge in [-0.3, -0.25) is 10.1 Å². The number of nitrogen functional groups attached to an aromatic ring is 1. The third kappa shape index (κ3) is 8.31. The number of hydrogen-bond donors (Lipinski definition) is 2. The van der Waals surface area contributed by atoms with Gasteiger partial charge in [0.2, 0.25) is 0 Å². The Bertz CT molecular complexity index is 1440. The summed E-state index contributed by atoms with van der Waals surface area (Å²) in [5.41, 5.74) is 11.7. The minimum atomic E-state index is -0.479. The standard InChI is InChI=1S/C21H31N3O4.C16H25N3/c1-20(2,3)28-19(25)22-10-8-15(9-11-22)13-23-14-21(4,5)17-7-6-16(24(26)27)12-18(17)23;1-16(2)11-19(10-12-5-7-18-8-6-12)15-9-13(17)3-4-14(15)16/h6-7,12,15H,8-11,13-14H2,1-5H3;3-4,9,12,18H,5-8,10-11,17H2,1-2H3. The van der Waals surface area contributed by atoms with Crippen LogP contribution in [0.4, 0.5) is 27.5 Å². The minimum Gasteiger partial charge on any atom is -0.444 e. The maximum atomic E-state index is 12.2. The molecule has 47 heavy (non-hydrogen) atoms. The number of ether oxygens (including phenoxy) is 1. The molecule has 0 unspecified atom stereocenters. The van der Waals surface area contributed by atoms with Crippen molar-refractivity contribution in [2.24, 2.45) is 11.8 Å². The van der Waals surface area contributed by atoms with Crippen LogP contribution >= 0.6 is 0 Å². The zero-order chi connectivity index (χ0) is 34.1. The predicted octanol–water partition coefficient (Wildman–Crippen LogP) is 6.71. The van der Waals surface area contributed by atoms with E-state index in [0.29, 0.717) is 19.0 Å². The van der Waals surface area contributed by atoms with Crippen molar-refractivity contribution >= 4 is 28.8 Å². The molecule has 0 atom stereocenters. The summed E-state index contributed by atoms with van der Waals surface area (Å²) < 4.78 is 5.47. The fourth-order valence-corrected chi connectivity index (χ4v) is 7.78. The molecule has 4 heterocycles. The molecule has 0 saturated carbocycles. The van der Waals surface area contributed by atoms with Gasteiger partial charge in [-0.2, -0.15) is 0 Å². The van der Waals surface area contributed by atoms with Gasteiger partial charge < -0.3 is 30.5 Å². The number of piperidine rings is 2. The van der Waals surface area contributed by atoms with E-state index in [1.807, 2.05) is 32.9 Å². The summed E-state index contributed by atoms with van der Waals surface area (Å²) in [4.78, 5) is 29.7. The van der Waals surface area contributed by atoms with Crippen LogP contribution in [0.15, 0.2) is 36.4 Å². The lowest BCUT2D eigenvalue weighted by Gasteiger charge is -2.35. The van der Waals surface area contributed by atoms with Gasteiger partial charge in [0, 0.05) is 79.3 Å². The lowest BCUT2D eigenvalue weighted by molar-refractivity contribution is -0.384. The second-order valence-corrected chi connectivity index (χ2v) is 16.4. The molecule has 2 aromatic rings. The molecule has 0 spiro atoms. The van der Waals surface area contributed by atoms with Gasteiger partial charge in [0.1, 0.15) is 5.60 Å². The molecule has 0 aliphatic carbocycles. The van der Waals surface area contributed by atoms with Crippen LogP contribution in [0.5, 0.6) is 0 Å². The Balaban J connectivity index is 0.000000198. The highest BCUT2D eigenvalue weighted by Gasteiger charge is 2.38. The number of hydrogen-bond acceptors (Lipinski definition) is 8. The van der Waals surface area contributed by atoms with E-state index in [1.54, 1.807) is 17.0 Å². The first kappa shape index (κ1) is 34.8.